The monoisotopic (exact) mass is 416 g/mol. The standard InChI is InChI=1S/C23H36N4O3/c1-20-7-5-16(28)13-15(20)3-4-18-17(20)6-8-21(2)22(29,9-10-23(18,21)30)14-26-27-19-24-11-12-25-19/h11-12,14-18,28-30H,3-10,13H2,1-2H3,(H2,24,25,27)/b26-14+/t15-,16+,17+,18-,20+,21-,22+,23+/m1/s1. The van der Waals surface area contributed by atoms with Crippen LogP contribution in [0.1, 0.15) is 71.6 Å². The fraction of sp³-hybridized carbons (Fsp3) is 0.826. The van der Waals surface area contributed by atoms with Gasteiger partial charge in [0.1, 0.15) is 5.60 Å². The lowest BCUT2D eigenvalue weighted by molar-refractivity contribution is -0.223. The topological polar surface area (TPSA) is 114 Å². The quantitative estimate of drug-likeness (QED) is 0.384. The Labute approximate surface area is 178 Å². The Morgan fingerprint density at radius 1 is 1.10 bits per heavy atom. The molecule has 1 heterocycles. The molecule has 166 valence electrons. The molecule has 4 aliphatic rings. The third-order valence-corrected chi connectivity index (χ3v) is 9.98. The van der Waals surface area contributed by atoms with Crippen LogP contribution in [0.15, 0.2) is 17.5 Å². The Bertz CT molecular complexity index is 815. The van der Waals surface area contributed by atoms with Gasteiger partial charge in [-0.3, -0.25) is 0 Å². The van der Waals surface area contributed by atoms with Gasteiger partial charge in [0.2, 0.25) is 5.95 Å². The van der Waals surface area contributed by atoms with E-state index >= 15 is 0 Å². The fourth-order valence-corrected chi connectivity index (χ4v) is 7.99. The average molecular weight is 417 g/mol. The first-order chi connectivity index (χ1) is 14.2. The van der Waals surface area contributed by atoms with Crippen LogP contribution in [0.25, 0.3) is 0 Å². The predicted molar refractivity (Wildman–Crippen MR) is 115 cm³/mol. The molecule has 7 nitrogen and oxygen atoms in total. The van der Waals surface area contributed by atoms with Gasteiger partial charge in [-0.2, -0.15) is 5.10 Å². The maximum absolute atomic E-state index is 12.1. The number of hydrogen-bond acceptors (Lipinski definition) is 6. The molecular formula is C23H36N4O3. The van der Waals surface area contributed by atoms with Crippen LogP contribution in [-0.4, -0.2) is 48.8 Å². The molecule has 0 unspecified atom stereocenters. The number of imidazole rings is 1. The number of aromatic amines is 1. The molecule has 5 rings (SSSR count). The van der Waals surface area contributed by atoms with Crippen molar-refractivity contribution < 1.29 is 15.3 Å². The molecule has 8 atom stereocenters. The second-order valence-corrected chi connectivity index (χ2v) is 10.9. The summed E-state index contributed by atoms with van der Waals surface area (Å²) in [4.78, 5) is 7.03. The lowest BCUT2D eigenvalue weighted by Crippen LogP contribution is -2.65. The van der Waals surface area contributed by atoms with E-state index in [0.717, 1.165) is 44.9 Å². The molecule has 0 bridgehead atoms. The summed E-state index contributed by atoms with van der Waals surface area (Å²) in [7, 11) is 0. The molecule has 4 aliphatic carbocycles. The van der Waals surface area contributed by atoms with Crippen LogP contribution in [0.3, 0.4) is 0 Å². The van der Waals surface area contributed by atoms with E-state index in [1.807, 2.05) is 0 Å². The van der Waals surface area contributed by atoms with Crippen molar-refractivity contribution in [3.05, 3.63) is 12.4 Å². The summed E-state index contributed by atoms with van der Waals surface area (Å²) in [6, 6.07) is 0. The van der Waals surface area contributed by atoms with Gasteiger partial charge in [-0.15, -0.1) is 0 Å². The van der Waals surface area contributed by atoms with Crippen LogP contribution in [0.5, 0.6) is 0 Å². The van der Waals surface area contributed by atoms with Gasteiger partial charge in [0.05, 0.1) is 17.9 Å². The number of hydrogen-bond donors (Lipinski definition) is 5. The maximum Gasteiger partial charge on any atom is 0.220 e. The number of aliphatic hydroxyl groups is 3. The van der Waals surface area contributed by atoms with Gasteiger partial charge in [0.15, 0.2) is 0 Å². The molecule has 4 saturated carbocycles. The van der Waals surface area contributed by atoms with E-state index in [1.54, 1.807) is 18.6 Å². The van der Waals surface area contributed by atoms with E-state index in [2.05, 4.69) is 34.3 Å². The zero-order valence-electron chi connectivity index (χ0n) is 18.1. The molecule has 1 aromatic rings. The summed E-state index contributed by atoms with van der Waals surface area (Å²) in [5, 5.41) is 38.3. The van der Waals surface area contributed by atoms with Crippen molar-refractivity contribution in [3.8, 4) is 0 Å². The van der Waals surface area contributed by atoms with Crippen LogP contribution in [0, 0.1) is 28.6 Å². The van der Waals surface area contributed by atoms with E-state index < -0.39 is 16.6 Å². The first-order valence-electron chi connectivity index (χ1n) is 11.6. The fourth-order valence-electron chi connectivity index (χ4n) is 7.99. The van der Waals surface area contributed by atoms with Gasteiger partial charge in [-0.25, -0.2) is 10.4 Å². The molecule has 1 aromatic heterocycles. The first-order valence-corrected chi connectivity index (χ1v) is 11.6. The van der Waals surface area contributed by atoms with E-state index in [-0.39, 0.29) is 17.4 Å². The Balaban J connectivity index is 1.41. The minimum atomic E-state index is -1.15. The summed E-state index contributed by atoms with van der Waals surface area (Å²) in [5.74, 6) is 1.74. The van der Waals surface area contributed by atoms with Gasteiger partial charge >= 0.3 is 0 Å². The molecule has 0 radical (unpaired) electrons. The van der Waals surface area contributed by atoms with Crippen molar-refractivity contribution in [3.63, 3.8) is 0 Å². The van der Waals surface area contributed by atoms with Crippen LogP contribution in [0.4, 0.5) is 5.95 Å². The molecule has 0 saturated heterocycles. The summed E-state index contributed by atoms with van der Waals surface area (Å²) in [6.45, 7) is 4.47. The summed E-state index contributed by atoms with van der Waals surface area (Å²) in [5.41, 5.74) is 0.385. The maximum atomic E-state index is 12.1. The van der Waals surface area contributed by atoms with Crippen LogP contribution in [0.2, 0.25) is 0 Å². The minimum Gasteiger partial charge on any atom is -0.393 e. The van der Waals surface area contributed by atoms with Gasteiger partial charge in [0.25, 0.3) is 0 Å². The SMILES string of the molecule is C[C@]12CC[C@H](O)C[C@H]1CC[C@@H]1[C@@H]2CC[C@]2(C)[C@@](O)(/C=N/Nc3ncc[nH]3)CC[C@]12O. The van der Waals surface area contributed by atoms with Crippen molar-refractivity contribution in [1.29, 1.82) is 0 Å². The van der Waals surface area contributed by atoms with Gasteiger partial charge in [-0.1, -0.05) is 13.8 Å². The molecule has 0 aromatic carbocycles. The predicted octanol–water partition coefficient (Wildman–Crippen LogP) is 3.06. The van der Waals surface area contributed by atoms with Crippen molar-refractivity contribution in [2.75, 3.05) is 5.43 Å². The summed E-state index contributed by atoms with van der Waals surface area (Å²) >= 11 is 0. The third kappa shape index (κ3) is 2.67. The lowest BCUT2D eigenvalue weighted by atomic mass is 9.43. The van der Waals surface area contributed by atoms with Crippen molar-refractivity contribution in [1.82, 2.24) is 9.97 Å². The van der Waals surface area contributed by atoms with Gasteiger partial charge in [0, 0.05) is 17.8 Å². The highest BCUT2D eigenvalue weighted by molar-refractivity contribution is 5.72. The second kappa shape index (κ2) is 6.78. The largest absolute Gasteiger partial charge is 0.393 e. The summed E-state index contributed by atoms with van der Waals surface area (Å²) < 4.78 is 0. The van der Waals surface area contributed by atoms with E-state index in [9.17, 15) is 15.3 Å². The number of nitrogens with zero attached hydrogens (tertiary/aromatic N) is 2. The van der Waals surface area contributed by atoms with Crippen molar-refractivity contribution >= 4 is 12.2 Å². The van der Waals surface area contributed by atoms with E-state index in [0.29, 0.717) is 30.6 Å². The Kier molecular flexibility index (Phi) is 4.62. The molecule has 0 amide bonds. The highest BCUT2D eigenvalue weighted by atomic mass is 16.3. The number of nitrogens with one attached hydrogen (secondary N) is 2. The second-order valence-electron chi connectivity index (χ2n) is 10.9. The Hall–Kier alpha value is -1.44. The number of hydrazone groups is 1. The molecule has 30 heavy (non-hydrogen) atoms. The number of anilines is 1. The van der Waals surface area contributed by atoms with Crippen molar-refractivity contribution in [2.24, 2.45) is 33.7 Å². The number of rotatable bonds is 3. The first kappa shape index (κ1) is 20.5. The smallest absolute Gasteiger partial charge is 0.220 e. The number of aromatic nitrogens is 2. The van der Waals surface area contributed by atoms with Gasteiger partial charge in [-0.05, 0) is 81.0 Å². The van der Waals surface area contributed by atoms with E-state index in [4.69, 9.17) is 0 Å². The number of aliphatic hydroxyl groups excluding tert-OH is 1. The normalized spacial score (nSPS) is 50.7. The Morgan fingerprint density at radius 2 is 1.93 bits per heavy atom. The van der Waals surface area contributed by atoms with E-state index in [1.165, 1.54) is 0 Å². The molecule has 0 spiro atoms. The van der Waals surface area contributed by atoms with Crippen LogP contribution in [-0.2, 0) is 0 Å². The highest BCUT2D eigenvalue weighted by Crippen LogP contribution is 2.69. The summed E-state index contributed by atoms with van der Waals surface area (Å²) in [6.07, 6.45) is 12.6. The Morgan fingerprint density at radius 3 is 2.70 bits per heavy atom. The lowest BCUT2D eigenvalue weighted by Gasteiger charge is -2.64. The molecule has 5 N–H and O–H groups in total. The average Bonchev–Trinajstić information content (AvgIpc) is 3.29. The molecule has 0 aliphatic heterocycles. The zero-order chi connectivity index (χ0) is 21.2. The molecular weight excluding hydrogens is 380 g/mol. The number of fused-ring (bicyclic) bond motifs is 5. The minimum absolute atomic E-state index is 0.161. The van der Waals surface area contributed by atoms with Crippen LogP contribution >= 0.6 is 0 Å². The number of H-pyrrole nitrogens is 1. The van der Waals surface area contributed by atoms with Crippen molar-refractivity contribution in [2.45, 2.75) is 88.9 Å². The molecule has 7 heteroatoms. The zero-order valence-corrected chi connectivity index (χ0v) is 18.1. The third-order valence-electron chi connectivity index (χ3n) is 9.98. The van der Waals surface area contributed by atoms with Gasteiger partial charge < -0.3 is 20.3 Å². The van der Waals surface area contributed by atoms with Crippen LogP contribution < -0.4 is 5.43 Å². The molecule has 4 fully saturated rings. The highest BCUT2D eigenvalue weighted by Gasteiger charge is 2.71.